The molecule has 0 bridgehead atoms. The fraction of sp³-hybridized carbons (Fsp3) is 0.190. The van der Waals surface area contributed by atoms with Crippen molar-refractivity contribution in [3.8, 4) is 6.19 Å². The summed E-state index contributed by atoms with van der Waals surface area (Å²) < 4.78 is 1.11. The number of thiophene rings is 1. The minimum Gasteiger partial charge on any atom is -0.350 e. The first-order valence-corrected chi connectivity index (χ1v) is 10.7. The third kappa shape index (κ3) is 5.33. The Balaban J connectivity index is 1.79. The molecular formula is C21H19N5O3S2. The van der Waals surface area contributed by atoms with Gasteiger partial charge in [-0.1, -0.05) is 18.2 Å². The third-order valence-electron chi connectivity index (χ3n) is 4.63. The highest BCUT2D eigenvalue weighted by Crippen LogP contribution is 2.27. The molecule has 0 radical (unpaired) electrons. The molecule has 1 unspecified atom stereocenters. The summed E-state index contributed by atoms with van der Waals surface area (Å²) in [6.45, 7) is 1.98. The molecule has 0 aliphatic carbocycles. The van der Waals surface area contributed by atoms with Crippen molar-refractivity contribution in [1.29, 1.82) is 5.26 Å². The van der Waals surface area contributed by atoms with Gasteiger partial charge in [0, 0.05) is 35.5 Å². The molecule has 0 fully saturated rings. The predicted octanol–water partition coefficient (Wildman–Crippen LogP) is 4.04. The molecule has 0 aliphatic heterocycles. The van der Waals surface area contributed by atoms with Gasteiger partial charge in [-0.15, -0.1) is 11.3 Å². The zero-order valence-electron chi connectivity index (χ0n) is 16.6. The van der Waals surface area contributed by atoms with Crippen molar-refractivity contribution in [2.24, 2.45) is 0 Å². The third-order valence-corrected chi connectivity index (χ3v) is 5.86. The summed E-state index contributed by atoms with van der Waals surface area (Å²) >= 11 is 6.95. The summed E-state index contributed by atoms with van der Waals surface area (Å²) in [4.78, 5) is 24.4. The summed E-state index contributed by atoms with van der Waals surface area (Å²) in [6, 6.07) is 12.9. The number of carbonyl (C=O) groups excluding carboxylic acids is 1. The van der Waals surface area contributed by atoms with Crippen LogP contribution in [0.2, 0.25) is 0 Å². The van der Waals surface area contributed by atoms with Crippen LogP contribution in [-0.2, 0) is 11.2 Å². The molecule has 0 aliphatic rings. The molecule has 3 aromatic rings. The van der Waals surface area contributed by atoms with Crippen LogP contribution in [0.1, 0.15) is 12.5 Å². The molecule has 0 saturated carbocycles. The second-order valence-corrected chi connectivity index (χ2v) is 7.92. The molecule has 3 rings (SSSR count). The Morgan fingerprint density at radius 3 is 2.65 bits per heavy atom. The van der Waals surface area contributed by atoms with E-state index < -0.39 is 11.0 Å². The lowest BCUT2D eigenvalue weighted by Crippen LogP contribution is -2.49. The lowest BCUT2D eigenvalue weighted by atomic mass is 10.0. The number of likely N-dealkylation sites (N-methyl/N-ethyl adjacent to an activating group) is 1. The first-order valence-electron chi connectivity index (χ1n) is 9.41. The summed E-state index contributed by atoms with van der Waals surface area (Å²) in [5.41, 5.74) is 1.50. The van der Waals surface area contributed by atoms with Crippen molar-refractivity contribution in [1.82, 2.24) is 10.2 Å². The monoisotopic (exact) mass is 453 g/mol. The summed E-state index contributed by atoms with van der Waals surface area (Å²) in [7, 11) is 0. The summed E-state index contributed by atoms with van der Waals surface area (Å²) in [5.74, 6) is -0.381. The van der Waals surface area contributed by atoms with Gasteiger partial charge >= 0.3 is 0 Å². The number of nitrogens with zero attached hydrogens (tertiary/aromatic N) is 3. The Bertz CT molecular complexity index is 1150. The number of anilines is 1. The lowest BCUT2D eigenvalue weighted by molar-refractivity contribution is -0.384. The van der Waals surface area contributed by atoms with Gasteiger partial charge in [0.25, 0.3) is 11.6 Å². The van der Waals surface area contributed by atoms with Gasteiger partial charge in [-0.25, -0.2) is 4.90 Å². The normalized spacial score (nSPS) is 11.4. The highest BCUT2D eigenvalue weighted by atomic mass is 32.1. The maximum Gasteiger partial charge on any atom is 0.269 e. The summed E-state index contributed by atoms with van der Waals surface area (Å²) in [5, 5.41) is 29.3. The van der Waals surface area contributed by atoms with Crippen LogP contribution in [0.3, 0.4) is 0 Å². The van der Waals surface area contributed by atoms with Crippen molar-refractivity contribution in [2.75, 3.05) is 11.9 Å². The van der Waals surface area contributed by atoms with Gasteiger partial charge in [-0.05, 0) is 53.7 Å². The molecule has 31 heavy (non-hydrogen) atoms. The SMILES string of the molecule is CCN(C#N)C(=O)C(Cc1csc2ccccc12)NC(=S)Nc1ccc([N+](=O)[O-])cc1. The minimum atomic E-state index is -0.754. The zero-order chi connectivity index (χ0) is 22.4. The van der Waals surface area contributed by atoms with E-state index in [-0.39, 0.29) is 23.3 Å². The number of nitrogens with one attached hydrogen (secondary N) is 2. The van der Waals surface area contributed by atoms with Crippen LogP contribution in [0.4, 0.5) is 11.4 Å². The van der Waals surface area contributed by atoms with Crippen molar-refractivity contribution >= 4 is 56.0 Å². The van der Waals surface area contributed by atoms with E-state index in [0.29, 0.717) is 12.1 Å². The van der Waals surface area contributed by atoms with Gasteiger partial charge in [0.05, 0.1) is 4.92 Å². The maximum absolute atomic E-state index is 13.0. The fourth-order valence-corrected chi connectivity index (χ4v) is 4.30. The molecule has 158 valence electrons. The largest absolute Gasteiger partial charge is 0.350 e. The van der Waals surface area contributed by atoms with Crippen LogP contribution in [0.25, 0.3) is 10.1 Å². The van der Waals surface area contributed by atoms with Gasteiger partial charge in [0.2, 0.25) is 0 Å². The smallest absolute Gasteiger partial charge is 0.269 e. The number of nitriles is 1. The van der Waals surface area contributed by atoms with Crippen LogP contribution in [0.5, 0.6) is 0 Å². The minimum absolute atomic E-state index is 0.0329. The second kappa shape index (κ2) is 9.97. The van der Waals surface area contributed by atoms with Crippen LogP contribution in [-0.4, -0.2) is 33.4 Å². The first-order chi connectivity index (χ1) is 14.9. The van der Waals surface area contributed by atoms with Gasteiger partial charge in [0.1, 0.15) is 6.04 Å². The maximum atomic E-state index is 13.0. The quantitative estimate of drug-likeness (QED) is 0.183. The molecule has 2 N–H and O–H groups in total. The van der Waals surface area contributed by atoms with Crippen LogP contribution < -0.4 is 10.6 Å². The first kappa shape index (κ1) is 22.1. The number of nitro benzene ring substituents is 1. The second-order valence-electron chi connectivity index (χ2n) is 6.60. The summed E-state index contributed by atoms with van der Waals surface area (Å²) in [6.07, 6.45) is 2.26. The lowest BCUT2D eigenvalue weighted by Gasteiger charge is -2.23. The number of hydrogen-bond acceptors (Lipinski definition) is 6. The Kier molecular flexibility index (Phi) is 7.12. The zero-order valence-corrected chi connectivity index (χ0v) is 18.2. The molecular weight excluding hydrogens is 434 g/mol. The fourth-order valence-electron chi connectivity index (χ4n) is 3.07. The number of rotatable bonds is 7. The standard InChI is InChI=1S/C21H19N5O3S2/c1-2-25(13-22)20(27)18(11-14-12-31-19-6-4-3-5-17(14)19)24-21(30)23-15-7-9-16(10-8-15)26(28)29/h3-10,12,18H,2,11H2,1H3,(H2,23,24,30). The molecule has 1 aromatic heterocycles. The highest BCUT2D eigenvalue weighted by molar-refractivity contribution is 7.80. The van der Waals surface area contributed by atoms with Gasteiger partial charge in [-0.2, -0.15) is 5.26 Å². The molecule has 1 heterocycles. The predicted molar refractivity (Wildman–Crippen MR) is 125 cm³/mol. The van der Waals surface area contributed by atoms with Gasteiger partial charge < -0.3 is 10.6 Å². The van der Waals surface area contributed by atoms with E-state index in [1.165, 1.54) is 24.3 Å². The van der Waals surface area contributed by atoms with E-state index in [9.17, 15) is 20.2 Å². The van der Waals surface area contributed by atoms with E-state index in [1.807, 2.05) is 35.8 Å². The Hall–Kier alpha value is -3.55. The molecule has 1 amide bonds. The average Bonchev–Trinajstić information content (AvgIpc) is 3.17. The number of carbonyl (C=O) groups is 1. The Labute approximate surface area is 188 Å². The Morgan fingerprint density at radius 2 is 2.00 bits per heavy atom. The van der Waals surface area contributed by atoms with Crippen LogP contribution >= 0.6 is 23.6 Å². The number of thiocarbonyl (C=S) groups is 1. The number of non-ortho nitro benzene ring substituents is 1. The van der Waals surface area contributed by atoms with Crippen molar-refractivity contribution < 1.29 is 9.72 Å². The average molecular weight is 454 g/mol. The van der Waals surface area contributed by atoms with Crippen molar-refractivity contribution in [2.45, 2.75) is 19.4 Å². The number of hydrogen-bond donors (Lipinski definition) is 2. The number of fused-ring (bicyclic) bond motifs is 1. The van der Waals surface area contributed by atoms with Crippen LogP contribution in [0.15, 0.2) is 53.9 Å². The number of amides is 1. The van der Waals surface area contributed by atoms with E-state index >= 15 is 0 Å². The molecule has 8 nitrogen and oxygen atoms in total. The van der Waals surface area contributed by atoms with Crippen molar-refractivity contribution in [3.05, 3.63) is 69.6 Å². The van der Waals surface area contributed by atoms with E-state index in [2.05, 4.69) is 10.6 Å². The molecule has 2 aromatic carbocycles. The van der Waals surface area contributed by atoms with E-state index in [0.717, 1.165) is 20.5 Å². The molecule has 0 saturated heterocycles. The van der Waals surface area contributed by atoms with Gasteiger partial charge in [0.15, 0.2) is 11.3 Å². The molecule has 0 spiro atoms. The van der Waals surface area contributed by atoms with Crippen molar-refractivity contribution in [3.63, 3.8) is 0 Å². The van der Waals surface area contributed by atoms with E-state index in [1.54, 1.807) is 18.3 Å². The molecule has 1 atom stereocenters. The molecule has 10 heteroatoms. The highest BCUT2D eigenvalue weighted by Gasteiger charge is 2.26. The Morgan fingerprint density at radius 1 is 1.29 bits per heavy atom. The topological polar surface area (TPSA) is 111 Å². The van der Waals surface area contributed by atoms with E-state index in [4.69, 9.17) is 12.2 Å². The number of nitro groups is 1. The number of benzene rings is 2. The van der Waals surface area contributed by atoms with Gasteiger partial charge in [-0.3, -0.25) is 14.9 Å². The van der Waals surface area contributed by atoms with Crippen LogP contribution in [0, 0.1) is 21.6 Å².